The van der Waals surface area contributed by atoms with E-state index < -0.39 is 0 Å². The molecule has 1 saturated heterocycles. The van der Waals surface area contributed by atoms with Crippen LogP contribution in [-0.2, 0) is 6.42 Å². The first-order valence-corrected chi connectivity index (χ1v) is 8.82. The average Bonchev–Trinajstić information content (AvgIpc) is 2.81. The van der Waals surface area contributed by atoms with Gasteiger partial charge in [-0.3, -0.25) is 0 Å². The molecule has 23 heavy (non-hydrogen) atoms. The van der Waals surface area contributed by atoms with E-state index >= 15 is 0 Å². The highest BCUT2D eigenvalue weighted by atomic mass is 32.1. The van der Waals surface area contributed by atoms with Gasteiger partial charge in [-0.2, -0.15) is 0 Å². The van der Waals surface area contributed by atoms with Crippen molar-refractivity contribution in [3.8, 4) is 0 Å². The Morgan fingerprint density at radius 1 is 1.13 bits per heavy atom. The monoisotopic (exact) mass is 329 g/mol. The molecule has 2 aliphatic rings. The van der Waals surface area contributed by atoms with E-state index in [1.165, 1.54) is 21.4 Å². The summed E-state index contributed by atoms with van der Waals surface area (Å²) >= 11 is 1.80. The first kappa shape index (κ1) is 14.8. The van der Waals surface area contributed by atoms with Crippen LogP contribution in [0.3, 0.4) is 0 Å². The van der Waals surface area contributed by atoms with E-state index in [0.29, 0.717) is 0 Å². The second-order valence-electron chi connectivity index (χ2n) is 6.37. The number of benzene rings is 1. The van der Waals surface area contributed by atoms with Gasteiger partial charge in [0, 0.05) is 47.9 Å². The van der Waals surface area contributed by atoms with Crippen molar-refractivity contribution in [2.75, 3.05) is 33.2 Å². The van der Waals surface area contributed by atoms with Gasteiger partial charge in [-0.05, 0) is 43.8 Å². The summed E-state index contributed by atoms with van der Waals surface area (Å²) in [5, 5.41) is 0. The Labute approximate surface area is 140 Å². The molecule has 0 radical (unpaired) electrons. The van der Waals surface area contributed by atoms with Gasteiger partial charge in [0.25, 0.3) is 0 Å². The molecule has 0 unspecified atom stereocenters. The van der Waals surface area contributed by atoms with Gasteiger partial charge in [0.05, 0.1) is 5.69 Å². The number of hydrogen-bond acceptors (Lipinski definition) is 4. The van der Waals surface area contributed by atoms with E-state index in [1.54, 1.807) is 17.4 Å². The number of amidine groups is 1. The van der Waals surface area contributed by atoms with Gasteiger partial charge in [-0.25, -0.2) is 9.38 Å². The summed E-state index contributed by atoms with van der Waals surface area (Å²) in [6, 6.07) is 7.18. The highest BCUT2D eigenvalue weighted by molar-refractivity contribution is 7.12. The zero-order valence-corrected chi connectivity index (χ0v) is 14.3. The molecule has 0 atom stereocenters. The molecule has 0 bridgehead atoms. The van der Waals surface area contributed by atoms with Gasteiger partial charge in [-0.1, -0.05) is 0 Å². The molecule has 2 aromatic rings. The van der Waals surface area contributed by atoms with Crippen LogP contribution in [0.2, 0.25) is 0 Å². The molecule has 1 fully saturated rings. The van der Waals surface area contributed by atoms with Crippen LogP contribution >= 0.6 is 11.3 Å². The summed E-state index contributed by atoms with van der Waals surface area (Å²) in [7, 11) is 2.16. The van der Waals surface area contributed by atoms with Crippen molar-refractivity contribution in [2.24, 2.45) is 4.99 Å². The third-order valence-corrected chi connectivity index (χ3v) is 5.65. The maximum absolute atomic E-state index is 13.6. The van der Waals surface area contributed by atoms with Crippen LogP contribution in [0.4, 0.5) is 10.1 Å². The minimum absolute atomic E-state index is 0.183. The lowest BCUT2D eigenvalue weighted by atomic mass is 10.1. The van der Waals surface area contributed by atoms with Crippen molar-refractivity contribution in [1.29, 1.82) is 0 Å². The third kappa shape index (κ3) is 2.79. The number of thiophene rings is 1. The molecule has 0 aliphatic carbocycles. The van der Waals surface area contributed by atoms with Crippen LogP contribution in [0, 0.1) is 12.7 Å². The Bertz CT molecular complexity index is 773. The highest BCUT2D eigenvalue weighted by Gasteiger charge is 2.25. The fourth-order valence-electron chi connectivity index (χ4n) is 3.29. The standard InChI is InChI=1S/C18H20FN3S/c1-12-9-15-17(23-12)11-13-10-14(19)3-4-16(13)20-18(15)22-7-5-21(2)6-8-22/h3-4,9-10H,5-8,11H2,1-2H3. The average molecular weight is 329 g/mol. The second kappa shape index (κ2) is 5.73. The number of aryl methyl sites for hydroxylation is 1. The molecule has 0 amide bonds. The molecule has 3 heterocycles. The molecule has 0 N–H and O–H groups in total. The first-order valence-electron chi connectivity index (χ1n) is 8.00. The summed E-state index contributed by atoms with van der Waals surface area (Å²) in [5.41, 5.74) is 3.12. The largest absolute Gasteiger partial charge is 0.354 e. The van der Waals surface area contributed by atoms with Gasteiger partial charge >= 0.3 is 0 Å². The van der Waals surface area contributed by atoms with Gasteiger partial charge in [-0.15, -0.1) is 11.3 Å². The fourth-order valence-corrected chi connectivity index (χ4v) is 4.35. The highest BCUT2D eigenvalue weighted by Crippen LogP contribution is 2.34. The smallest absolute Gasteiger partial charge is 0.137 e. The van der Waals surface area contributed by atoms with E-state index in [0.717, 1.165) is 49.7 Å². The normalized spacial score (nSPS) is 18.2. The number of fused-ring (bicyclic) bond motifs is 2. The lowest BCUT2D eigenvalue weighted by Gasteiger charge is -2.34. The quantitative estimate of drug-likeness (QED) is 0.737. The summed E-state index contributed by atoms with van der Waals surface area (Å²) in [5.74, 6) is 0.875. The van der Waals surface area contributed by atoms with Crippen LogP contribution < -0.4 is 0 Å². The summed E-state index contributed by atoms with van der Waals surface area (Å²) in [6.07, 6.45) is 0.766. The number of likely N-dealkylation sites (N-methyl/N-ethyl adjacent to an activating group) is 1. The van der Waals surface area contributed by atoms with E-state index in [9.17, 15) is 4.39 Å². The molecule has 0 spiro atoms. The van der Waals surface area contributed by atoms with Crippen molar-refractivity contribution >= 4 is 22.9 Å². The zero-order valence-electron chi connectivity index (χ0n) is 13.5. The van der Waals surface area contributed by atoms with Gasteiger partial charge in [0.15, 0.2) is 0 Å². The minimum atomic E-state index is -0.183. The van der Waals surface area contributed by atoms with Crippen molar-refractivity contribution < 1.29 is 4.39 Å². The Morgan fingerprint density at radius 3 is 2.70 bits per heavy atom. The molecule has 3 nitrogen and oxygen atoms in total. The Hall–Kier alpha value is -1.72. The van der Waals surface area contributed by atoms with Crippen LogP contribution in [0.15, 0.2) is 29.3 Å². The summed E-state index contributed by atoms with van der Waals surface area (Å²) < 4.78 is 13.6. The van der Waals surface area contributed by atoms with Crippen molar-refractivity contribution in [3.05, 3.63) is 51.0 Å². The van der Waals surface area contributed by atoms with Crippen LogP contribution in [-0.4, -0.2) is 48.9 Å². The van der Waals surface area contributed by atoms with E-state index in [-0.39, 0.29) is 5.82 Å². The number of nitrogens with zero attached hydrogens (tertiary/aromatic N) is 3. The summed E-state index contributed by atoms with van der Waals surface area (Å²) in [4.78, 5) is 12.3. The second-order valence-corrected chi connectivity index (χ2v) is 7.71. The van der Waals surface area contributed by atoms with Gasteiger partial charge in [0.2, 0.25) is 0 Å². The number of aliphatic imine (C=N–C) groups is 1. The van der Waals surface area contributed by atoms with Crippen molar-refractivity contribution in [1.82, 2.24) is 9.80 Å². The predicted molar refractivity (Wildman–Crippen MR) is 93.5 cm³/mol. The summed E-state index contributed by atoms with van der Waals surface area (Å²) in [6.45, 7) is 6.20. The maximum Gasteiger partial charge on any atom is 0.137 e. The Kier molecular flexibility index (Phi) is 3.70. The van der Waals surface area contributed by atoms with E-state index in [2.05, 4.69) is 29.8 Å². The van der Waals surface area contributed by atoms with Crippen LogP contribution in [0.5, 0.6) is 0 Å². The fraction of sp³-hybridized carbons (Fsp3) is 0.389. The van der Waals surface area contributed by atoms with Crippen molar-refractivity contribution in [2.45, 2.75) is 13.3 Å². The SMILES string of the molecule is Cc1cc2c(s1)Cc1cc(F)ccc1N=C2N1CCN(C)CC1. The molecule has 0 saturated carbocycles. The van der Waals surface area contributed by atoms with E-state index in [1.807, 2.05) is 6.07 Å². The third-order valence-electron chi connectivity index (χ3n) is 4.59. The zero-order chi connectivity index (χ0) is 16.0. The Balaban J connectivity index is 1.82. The maximum atomic E-state index is 13.6. The topological polar surface area (TPSA) is 18.8 Å². The number of halogens is 1. The molecule has 5 heteroatoms. The van der Waals surface area contributed by atoms with Crippen molar-refractivity contribution in [3.63, 3.8) is 0 Å². The minimum Gasteiger partial charge on any atom is -0.354 e. The van der Waals surface area contributed by atoms with Gasteiger partial charge < -0.3 is 9.80 Å². The molecule has 2 aliphatic heterocycles. The molecule has 120 valence electrons. The molecule has 1 aromatic heterocycles. The van der Waals surface area contributed by atoms with Gasteiger partial charge in [0.1, 0.15) is 11.7 Å². The first-order chi connectivity index (χ1) is 11.1. The number of piperazine rings is 1. The molecule has 1 aromatic carbocycles. The van der Waals surface area contributed by atoms with E-state index in [4.69, 9.17) is 4.99 Å². The Morgan fingerprint density at radius 2 is 1.91 bits per heavy atom. The molecular formula is C18H20FN3S. The predicted octanol–water partition coefficient (Wildman–Crippen LogP) is 3.43. The lowest BCUT2D eigenvalue weighted by molar-refractivity contribution is 0.216. The molecule has 4 rings (SSSR count). The number of hydrogen-bond donors (Lipinski definition) is 0. The van der Waals surface area contributed by atoms with Crippen LogP contribution in [0.1, 0.15) is 20.9 Å². The lowest BCUT2D eigenvalue weighted by Crippen LogP contribution is -2.47. The number of rotatable bonds is 0. The van der Waals surface area contributed by atoms with Crippen LogP contribution in [0.25, 0.3) is 0 Å². The molecular weight excluding hydrogens is 309 g/mol.